The number of aromatic nitrogens is 3. The number of carbonyl (C=O) groups excluding carboxylic acids is 1. The summed E-state index contributed by atoms with van der Waals surface area (Å²) in [4.78, 5) is 21.4. The van der Waals surface area contributed by atoms with Crippen molar-refractivity contribution in [3.05, 3.63) is 71.9 Å². The largest absolute Gasteiger partial charge is 0.458 e. The van der Waals surface area contributed by atoms with Crippen molar-refractivity contribution >= 4 is 17.7 Å². The summed E-state index contributed by atoms with van der Waals surface area (Å²) < 4.78 is 7.42. The van der Waals surface area contributed by atoms with Crippen molar-refractivity contribution in [2.75, 3.05) is 0 Å². The van der Waals surface area contributed by atoms with Crippen molar-refractivity contribution in [2.24, 2.45) is 0 Å². The van der Waals surface area contributed by atoms with E-state index in [1.807, 2.05) is 30.3 Å². The van der Waals surface area contributed by atoms with E-state index in [0.717, 1.165) is 27.0 Å². The van der Waals surface area contributed by atoms with Gasteiger partial charge < -0.3 is 9.30 Å². The van der Waals surface area contributed by atoms with Gasteiger partial charge in [0.25, 0.3) is 0 Å². The van der Waals surface area contributed by atoms with E-state index in [4.69, 9.17) is 9.72 Å². The van der Waals surface area contributed by atoms with E-state index in [1.165, 1.54) is 6.92 Å². The Hall–Kier alpha value is -2.60. The molecule has 0 aliphatic carbocycles. The molecule has 0 aliphatic rings. The van der Waals surface area contributed by atoms with E-state index in [-0.39, 0.29) is 18.5 Å². The van der Waals surface area contributed by atoms with Gasteiger partial charge in [-0.2, -0.15) is 0 Å². The van der Waals surface area contributed by atoms with Crippen LogP contribution in [0.15, 0.2) is 64.8 Å². The monoisotopic (exact) mass is 381 g/mol. The second kappa shape index (κ2) is 8.86. The quantitative estimate of drug-likeness (QED) is 0.557. The lowest BCUT2D eigenvalue weighted by Gasteiger charge is -2.15. The zero-order valence-corrected chi connectivity index (χ0v) is 16.6. The lowest BCUT2D eigenvalue weighted by atomic mass is 10.1. The van der Waals surface area contributed by atoms with Crippen molar-refractivity contribution in [1.29, 1.82) is 0 Å². The first-order valence-corrected chi connectivity index (χ1v) is 9.70. The predicted molar refractivity (Wildman–Crippen MR) is 106 cm³/mol. The van der Waals surface area contributed by atoms with E-state index in [2.05, 4.69) is 35.5 Å². The number of esters is 1. The second-order valence-corrected chi connectivity index (χ2v) is 7.57. The molecule has 3 rings (SSSR count). The minimum Gasteiger partial charge on any atom is -0.458 e. The van der Waals surface area contributed by atoms with Crippen molar-refractivity contribution in [2.45, 2.75) is 49.8 Å². The molecule has 0 saturated carbocycles. The van der Waals surface area contributed by atoms with Crippen LogP contribution in [0.5, 0.6) is 0 Å². The van der Waals surface area contributed by atoms with Gasteiger partial charge in [-0.15, -0.1) is 0 Å². The lowest BCUT2D eigenvalue weighted by Crippen LogP contribution is -2.12. The average Bonchev–Trinajstić information content (AvgIpc) is 2.98. The lowest BCUT2D eigenvalue weighted by molar-refractivity contribution is -0.142. The predicted octanol–water partition coefficient (Wildman–Crippen LogP) is 4.66. The van der Waals surface area contributed by atoms with Crippen LogP contribution in [0.4, 0.5) is 0 Å². The number of hydrogen-bond donors (Lipinski definition) is 0. The average molecular weight is 382 g/mol. The Morgan fingerprint density at radius 1 is 1.15 bits per heavy atom. The van der Waals surface area contributed by atoms with Crippen molar-refractivity contribution in [1.82, 2.24) is 14.5 Å². The molecule has 0 spiro atoms. The Bertz CT molecular complexity index is 893. The fourth-order valence-electron chi connectivity index (χ4n) is 2.85. The molecule has 0 radical (unpaired) electrons. The Morgan fingerprint density at radius 2 is 1.85 bits per heavy atom. The van der Waals surface area contributed by atoms with Crippen LogP contribution in [0.3, 0.4) is 0 Å². The molecule has 0 saturated heterocycles. The molecule has 2 aromatic heterocycles. The summed E-state index contributed by atoms with van der Waals surface area (Å²) >= 11 is 1.64. The van der Waals surface area contributed by atoms with E-state index in [0.29, 0.717) is 6.54 Å². The molecule has 0 N–H and O–H groups in total. The highest BCUT2D eigenvalue weighted by atomic mass is 32.2. The summed E-state index contributed by atoms with van der Waals surface area (Å²) in [6.07, 6.45) is 3.57. The molecule has 2 heterocycles. The number of ether oxygens (including phenoxy) is 1. The van der Waals surface area contributed by atoms with Crippen LogP contribution in [0.2, 0.25) is 0 Å². The maximum Gasteiger partial charge on any atom is 0.303 e. The van der Waals surface area contributed by atoms with E-state index in [1.54, 1.807) is 24.2 Å². The van der Waals surface area contributed by atoms with Crippen LogP contribution in [0, 0.1) is 0 Å². The molecule has 6 heteroatoms. The highest BCUT2D eigenvalue weighted by Gasteiger charge is 2.21. The molecule has 0 aliphatic heterocycles. The van der Waals surface area contributed by atoms with Crippen LogP contribution in [-0.4, -0.2) is 20.5 Å². The summed E-state index contributed by atoms with van der Waals surface area (Å²) in [5.41, 5.74) is 2.27. The van der Waals surface area contributed by atoms with Gasteiger partial charge in [-0.3, -0.25) is 9.78 Å². The first-order chi connectivity index (χ1) is 13.0. The van der Waals surface area contributed by atoms with Crippen LogP contribution in [0.1, 0.15) is 43.8 Å². The highest BCUT2D eigenvalue weighted by molar-refractivity contribution is 7.99. The SMILES string of the molecule is CC(=O)OCc1nc(Sc2ccccc2)c(C(C)C)n1Cc1ccncc1. The van der Waals surface area contributed by atoms with Gasteiger partial charge in [-0.05, 0) is 35.7 Å². The Balaban J connectivity index is 2.02. The fourth-order valence-corrected chi connectivity index (χ4v) is 3.96. The van der Waals surface area contributed by atoms with Gasteiger partial charge >= 0.3 is 5.97 Å². The number of imidazole rings is 1. The number of pyridine rings is 1. The maximum atomic E-state index is 11.3. The van der Waals surface area contributed by atoms with Crippen molar-refractivity contribution in [3.8, 4) is 0 Å². The van der Waals surface area contributed by atoms with Gasteiger partial charge in [0, 0.05) is 30.8 Å². The van der Waals surface area contributed by atoms with Crippen LogP contribution in [0.25, 0.3) is 0 Å². The van der Waals surface area contributed by atoms with E-state index < -0.39 is 0 Å². The molecule has 0 fully saturated rings. The Morgan fingerprint density at radius 3 is 2.48 bits per heavy atom. The fraction of sp³-hybridized carbons (Fsp3) is 0.286. The minimum atomic E-state index is -0.308. The third-order valence-corrected chi connectivity index (χ3v) is 5.05. The molecule has 1 aromatic carbocycles. The van der Waals surface area contributed by atoms with Crippen LogP contribution in [-0.2, 0) is 22.7 Å². The zero-order valence-electron chi connectivity index (χ0n) is 15.8. The molecule has 3 aromatic rings. The second-order valence-electron chi connectivity index (χ2n) is 6.51. The Labute approximate surface area is 163 Å². The van der Waals surface area contributed by atoms with Crippen molar-refractivity contribution < 1.29 is 9.53 Å². The van der Waals surface area contributed by atoms with E-state index in [9.17, 15) is 4.79 Å². The maximum absolute atomic E-state index is 11.3. The molecule has 0 amide bonds. The van der Waals surface area contributed by atoms with Crippen LogP contribution >= 0.6 is 11.8 Å². The van der Waals surface area contributed by atoms with Gasteiger partial charge in [-0.25, -0.2) is 4.98 Å². The third-order valence-electron chi connectivity index (χ3n) is 4.05. The number of rotatable bonds is 7. The summed E-state index contributed by atoms with van der Waals surface area (Å²) in [6, 6.07) is 14.2. The molecule has 5 nitrogen and oxygen atoms in total. The Kier molecular flexibility index (Phi) is 6.29. The molecule has 27 heavy (non-hydrogen) atoms. The van der Waals surface area contributed by atoms with Gasteiger partial charge in [0.15, 0.2) is 0 Å². The van der Waals surface area contributed by atoms with Gasteiger partial charge in [-0.1, -0.05) is 43.8 Å². The molecule has 0 bridgehead atoms. The molecule has 0 unspecified atom stereocenters. The standard InChI is InChI=1S/C21H23N3O2S/c1-15(2)20-21(27-18-7-5-4-6-8-18)23-19(14-26-16(3)25)24(20)13-17-9-11-22-12-10-17/h4-12,15H,13-14H2,1-3H3. The van der Waals surface area contributed by atoms with Crippen LogP contribution < -0.4 is 0 Å². The van der Waals surface area contributed by atoms with Gasteiger partial charge in [0.2, 0.25) is 0 Å². The molecule has 0 atom stereocenters. The highest BCUT2D eigenvalue weighted by Crippen LogP contribution is 2.34. The number of hydrogen-bond acceptors (Lipinski definition) is 5. The molecular weight excluding hydrogens is 358 g/mol. The third kappa shape index (κ3) is 4.98. The minimum absolute atomic E-state index is 0.162. The summed E-state index contributed by atoms with van der Waals surface area (Å²) in [5.74, 6) is 0.720. The summed E-state index contributed by atoms with van der Waals surface area (Å²) in [6.45, 7) is 6.55. The first kappa shape index (κ1) is 19.2. The van der Waals surface area contributed by atoms with Gasteiger partial charge in [0.05, 0.1) is 5.69 Å². The molecule has 140 valence electrons. The van der Waals surface area contributed by atoms with Crippen molar-refractivity contribution in [3.63, 3.8) is 0 Å². The topological polar surface area (TPSA) is 57.0 Å². The number of nitrogens with zero attached hydrogens (tertiary/aromatic N) is 3. The number of carbonyl (C=O) groups is 1. The zero-order chi connectivity index (χ0) is 19.2. The summed E-state index contributed by atoms with van der Waals surface area (Å²) in [5, 5.41) is 0.951. The molecular formula is C21H23N3O2S. The normalized spacial score (nSPS) is 11.0. The van der Waals surface area contributed by atoms with Gasteiger partial charge in [0.1, 0.15) is 17.5 Å². The van der Waals surface area contributed by atoms with E-state index >= 15 is 0 Å². The smallest absolute Gasteiger partial charge is 0.303 e. The summed E-state index contributed by atoms with van der Waals surface area (Å²) in [7, 11) is 0. The first-order valence-electron chi connectivity index (χ1n) is 8.89. The number of benzene rings is 1.